The van der Waals surface area contributed by atoms with E-state index in [9.17, 15) is 38.1 Å². The molecule has 1 unspecified atom stereocenters. The van der Waals surface area contributed by atoms with E-state index >= 15 is 0 Å². The minimum Gasteiger partial charge on any atom is -0.462 e. The van der Waals surface area contributed by atoms with Gasteiger partial charge in [0.2, 0.25) is 7.37 Å². The summed E-state index contributed by atoms with van der Waals surface area (Å²) in [6, 6.07) is 37.1. The summed E-state index contributed by atoms with van der Waals surface area (Å²) < 4.78 is 38.1. The zero-order valence-electron chi connectivity index (χ0n) is 37.0. The smallest absolute Gasteiger partial charge is 0.338 e. The number of carbonyl (C=O) groups is 7. The number of benzene rings is 4. The second-order valence-corrected chi connectivity index (χ2v) is 19.6. The molecule has 13 nitrogen and oxygen atoms in total. The molecule has 354 valence electrons. The van der Waals surface area contributed by atoms with Gasteiger partial charge < -0.3 is 28.3 Å². The number of rotatable bonds is 16. The first-order chi connectivity index (χ1) is 31.8. The second kappa shape index (κ2) is 25.0. The molecule has 9 atom stereocenters. The molecule has 0 spiro atoms. The highest BCUT2D eigenvalue weighted by Crippen LogP contribution is 2.44. The Balaban J connectivity index is 0.000000198. The van der Waals surface area contributed by atoms with Crippen LogP contribution < -0.4 is 0 Å². The molecule has 8 rings (SSSR count). The van der Waals surface area contributed by atoms with Crippen LogP contribution in [0.3, 0.4) is 0 Å². The lowest BCUT2D eigenvalue weighted by Crippen LogP contribution is -2.27. The van der Waals surface area contributed by atoms with Crippen molar-refractivity contribution in [2.45, 2.75) is 83.2 Å². The zero-order valence-corrected chi connectivity index (χ0v) is 37.9. The van der Waals surface area contributed by atoms with Crippen LogP contribution in [-0.2, 0) is 64.9 Å². The normalized spacial score (nSPS) is 24.1. The van der Waals surface area contributed by atoms with Crippen molar-refractivity contribution in [2.75, 3.05) is 19.9 Å². The molecular weight excluding hydrogens is 876 g/mol. The molecule has 4 aliphatic rings. The van der Waals surface area contributed by atoms with Crippen molar-refractivity contribution in [3.63, 3.8) is 0 Å². The van der Waals surface area contributed by atoms with Gasteiger partial charge in [-0.1, -0.05) is 111 Å². The average molecular weight is 935 g/mol. The summed E-state index contributed by atoms with van der Waals surface area (Å²) in [6.45, 7) is 1.49. The van der Waals surface area contributed by atoms with Crippen molar-refractivity contribution >= 4 is 49.1 Å². The van der Waals surface area contributed by atoms with Crippen LogP contribution in [0.15, 0.2) is 133 Å². The van der Waals surface area contributed by atoms with E-state index in [1.54, 1.807) is 54.6 Å². The van der Waals surface area contributed by atoms with Crippen molar-refractivity contribution in [1.82, 2.24) is 0 Å². The van der Waals surface area contributed by atoms with Crippen molar-refractivity contribution in [2.24, 2.45) is 23.7 Å². The molecule has 14 heteroatoms. The summed E-state index contributed by atoms with van der Waals surface area (Å²) >= 11 is 0. The Morgan fingerprint density at radius 1 is 0.642 bits per heavy atom. The Labute approximate surface area is 392 Å². The number of carbonyl (C=O) groups excluding carboxylic acids is 7. The molecule has 2 saturated heterocycles. The van der Waals surface area contributed by atoms with E-state index in [-0.39, 0.29) is 79.9 Å². The Morgan fingerprint density at radius 3 is 1.51 bits per heavy atom. The lowest BCUT2D eigenvalue weighted by molar-refractivity contribution is -0.143. The van der Waals surface area contributed by atoms with E-state index in [0.29, 0.717) is 49.7 Å². The quantitative estimate of drug-likeness (QED) is 0.0342. The van der Waals surface area contributed by atoms with Crippen molar-refractivity contribution in [3.05, 3.63) is 156 Å². The van der Waals surface area contributed by atoms with Crippen molar-refractivity contribution < 1.29 is 61.6 Å². The van der Waals surface area contributed by atoms with Gasteiger partial charge >= 0.3 is 23.9 Å². The standard InChI is InChI=1S/C25H24O5.C15H14O5.C12H17O3P.CH4/c26-19(12-11-17-7-3-1-4-8-17)13-14-20-21-15-24(27)29-23(21)16-22(20)30-25(28)18-9-5-2-6-10-18;16-8-11-10-6-14(17)19-12(10)7-13(11)20-15(18)9-4-2-1-3-5-9;1-15-16(2,14)10-12(13)9-8-11-6-4-3-5-7-11;/h1-10,13-14,20-23H,11-12,15-16H2;1-5,8,10-13H,6-7H2;3-7H,8-10H2,1-2H3;1H4/b14-13+;;;/t20-,21-,22-,23+;10-,11-,12+,13-;;/m11../s1. The van der Waals surface area contributed by atoms with Gasteiger partial charge in [0.15, 0.2) is 5.78 Å². The molecule has 0 amide bonds. The Kier molecular flexibility index (Phi) is 19.3. The third-order valence-corrected chi connectivity index (χ3v) is 13.9. The van der Waals surface area contributed by atoms with Gasteiger partial charge in [-0.2, -0.15) is 0 Å². The van der Waals surface area contributed by atoms with E-state index in [1.165, 1.54) is 13.8 Å². The monoisotopic (exact) mass is 934 g/mol. The van der Waals surface area contributed by atoms with Gasteiger partial charge in [-0.25, -0.2) is 9.59 Å². The maximum absolute atomic E-state index is 12.5. The third-order valence-electron chi connectivity index (χ3n) is 12.2. The molecule has 0 bridgehead atoms. The lowest BCUT2D eigenvalue weighted by Gasteiger charge is -2.20. The van der Waals surface area contributed by atoms with Crippen LogP contribution in [0.1, 0.15) is 77.8 Å². The van der Waals surface area contributed by atoms with Gasteiger partial charge in [0.25, 0.3) is 0 Å². The topological polar surface area (TPSA) is 183 Å². The fourth-order valence-corrected chi connectivity index (χ4v) is 9.60. The van der Waals surface area contributed by atoms with E-state index in [1.807, 2.05) is 78.9 Å². The molecule has 4 fully saturated rings. The maximum Gasteiger partial charge on any atom is 0.338 e. The van der Waals surface area contributed by atoms with Crippen LogP contribution in [0.5, 0.6) is 0 Å². The number of hydrogen-bond acceptors (Lipinski definition) is 13. The summed E-state index contributed by atoms with van der Waals surface area (Å²) in [6.07, 6.45) is 6.28. The maximum atomic E-state index is 12.5. The molecule has 2 aliphatic carbocycles. The van der Waals surface area contributed by atoms with Gasteiger partial charge in [-0.3, -0.25) is 23.7 Å². The van der Waals surface area contributed by atoms with Gasteiger partial charge in [0, 0.05) is 57.2 Å². The molecule has 0 N–H and O–H groups in total. The highest BCUT2D eigenvalue weighted by atomic mass is 31.2. The van der Waals surface area contributed by atoms with Crippen LogP contribution >= 0.6 is 7.37 Å². The summed E-state index contributed by atoms with van der Waals surface area (Å²) in [4.78, 5) is 82.6. The van der Waals surface area contributed by atoms with E-state index in [0.717, 1.165) is 17.4 Å². The number of allylic oxidation sites excluding steroid dienone is 1. The summed E-state index contributed by atoms with van der Waals surface area (Å²) in [7, 11) is -1.32. The molecule has 2 aliphatic heterocycles. The minimum absolute atomic E-state index is 0. The van der Waals surface area contributed by atoms with Crippen LogP contribution in [0.25, 0.3) is 0 Å². The SMILES string of the molecule is C.COP(C)(=O)CC(=O)CCc1ccccc1.O=C(/C=C/[C@@H]1[C@H]2CC(=O)O[C@H]2C[C@H]1OC(=O)c1ccccc1)CCc1ccccc1.O=C[C@@H]1[C@H]2CC(=O)O[C@H]2C[C@H]1OC(=O)c1ccccc1. The minimum atomic E-state index is -2.70. The van der Waals surface area contributed by atoms with E-state index in [4.69, 9.17) is 23.5 Å². The number of fused-ring (bicyclic) bond motifs is 2. The number of Topliss-reactive ketones (excluding diaryl/α,β-unsaturated/α-hetero) is 1. The summed E-state index contributed by atoms with van der Waals surface area (Å²) in [5, 5.41) is 0. The third kappa shape index (κ3) is 15.1. The summed E-state index contributed by atoms with van der Waals surface area (Å²) in [5.74, 6) is -2.25. The van der Waals surface area contributed by atoms with Crippen LogP contribution in [0.2, 0.25) is 0 Å². The molecule has 2 saturated carbocycles. The molecule has 4 aromatic carbocycles. The Hall–Kier alpha value is -6.30. The number of ether oxygens (including phenoxy) is 4. The van der Waals surface area contributed by atoms with Gasteiger partial charge in [-0.15, -0.1) is 0 Å². The molecular formula is C53H59O13P. The first kappa shape index (κ1) is 51.7. The van der Waals surface area contributed by atoms with Gasteiger partial charge in [0.05, 0.1) is 36.0 Å². The van der Waals surface area contributed by atoms with E-state index in [2.05, 4.69) is 0 Å². The predicted molar refractivity (Wildman–Crippen MR) is 250 cm³/mol. The largest absolute Gasteiger partial charge is 0.462 e. The highest BCUT2D eigenvalue weighted by Gasteiger charge is 2.52. The zero-order chi connectivity index (χ0) is 47.1. The number of hydrogen-bond donors (Lipinski definition) is 0. The van der Waals surface area contributed by atoms with Crippen molar-refractivity contribution in [3.8, 4) is 0 Å². The molecule has 0 radical (unpaired) electrons. The predicted octanol–water partition coefficient (Wildman–Crippen LogP) is 8.66. The first-order valence-electron chi connectivity index (χ1n) is 22.1. The fourth-order valence-electron chi connectivity index (χ4n) is 8.67. The number of ketones is 2. The molecule has 2 heterocycles. The average Bonchev–Trinajstić information content (AvgIpc) is 4.06. The number of aryl methyl sites for hydroxylation is 2. The fraction of sp³-hybridized carbons (Fsp3) is 0.377. The van der Waals surface area contributed by atoms with Gasteiger partial charge in [-0.05, 0) is 54.3 Å². The van der Waals surface area contributed by atoms with Crippen LogP contribution in [0, 0.1) is 23.7 Å². The molecule has 0 aromatic heterocycles. The number of esters is 4. The highest BCUT2D eigenvalue weighted by molar-refractivity contribution is 7.59. The summed E-state index contributed by atoms with van der Waals surface area (Å²) in [5.41, 5.74) is 3.17. The van der Waals surface area contributed by atoms with Crippen LogP contribution in [0.4, 0.5) is 0 Å². The lowest BCUT2D eigenvalue weighted by atomic mass is 9.91. The van der Waals surface area contributed by atoms with E-state index < -0.39 is 37.4 Å². The molecule has 4 aromatic rings. The Morgan fingerprint density at radius 2 is 1.06 bits per heavy atom. The number of aldehydes is 1. The van der Waals surface area contributed by atoms with Gasteiger partial charge in [0.1, 0.15) is 36.5 Å². The van der Waals surface area contributed by atoms with Crippen LogP contribution in [-0.4, -0.2) is 86.1 Å². The first-order valence-corrected chi connectivity index (χ1v) is 24.4. The molecule has 67 heavy (non-hydrogen) atoms. The van der Waals surface area contributed by atoms with Crippen molar-refractivity contribution in [1.29, 1.82) is 0 Å². The second-order valence-electron chi connectivity index (χ2n) is 16.9. The Bertz CT molecular complexity index is 2370.